The number of aryl methyl sites for hydroxylation is 2. The second-order valence-electron chi connectivity index (χ2n) is 8.24. The largest absolute Gasteiger partial charge is 0.325 e. The summed E-state index contributed by atoms with van der Waals surface area (Å²) in [6.45, 7) is 12.0. The van der Waals surface area contributed by atoms with Gasteiger partial charge in [0, 0.05) is 31.9 Å². The molecule has 2 aliphatic rings. The number of hydrogen-bond donors (Lipinski definition) is 1. The van der Waals surface area contributed by atoms with E-state index in [4.69, 9.17) is 0 Å². The Labute approximate surface area is 152 Å². The van der Waals surface area contributed by atoms with Crippen LogP contribution >= 0.6 is 0 Å². The quantitative estimate of drug-likeness (QED) is 0.889. The van der Waals surface area contributed by atoms with Crippen molar-refractivity contribution in [3.05, 3.63) is 29.3 Å². The third-order valence-electron chi connectivity index (χ3n) is 5.63. The first-order valence-corrected chi connectivity index (χ1v) is 9.86. The molecule has 1 aromatic carbocycles. The predicted octanol–water partition coefficient (Wildman–Crippen LogP) is 4.28. The minimum absolute atomic E-state index is 0.0510. The highest BCUT2D eigenvalue weighted by Gasteiger charge is 2.26. The van der Waals surface area contributed by atoms with Crippen molar-refractivity contribution in [3.63, 3.8) is 0 Å². The second kappa shape index (κ2) is 8.22. The maximum absolute atomic E-state index is 12.5. The van der Waals surface area contributed by atoms with Gasteiger partial charge in [-0.05, 0) is 81.2 Å². The summed E-state index contributed by atoms with van der Waals surface area (Å²) in [5.74, 6) is 1.59. The highest BCUT2D eigenvalue weighted by Crippen LogP contribution is 2.23. The number of nitrogens with one attached hydrogen (secondary N) is 1. The summed E-state index contributed by atoms with van der Waals surface area (Å²) in [6.07, 6.45) is 4.99. The van der Waals surface area contributed by atoms with Crippen LogP contribution in [-0.4, -0.2) is 48.6 Å². The number of rotatable bonds is 3. The zero-order valence-electron chi connectivity index (χ0n) is 16.1. The Bertz CT molecular complexity index is 573. The van der Waals surface area contributed by atoms with Crippen LogP contribution in [0.5, 0.6) is 0 Å². The van der Waals surface area contributed by atoms with Crippen LogP contribution in [0.1, 0.15) is 43.7 Å². The number of carbonyl (C=O) groups is 1. The summed E-state index contributed by atoms with van der Waals surface area (Å²) in [6, 6.07) is 6.25. The summed E-state index contributed by atoms with van der Waals surface area (Å²) in [5, 5.41) is 3.07. The molecule has 0 radical (unpaired) electrons. The van der Waals surface area contributed by atoms with Gasteiger partial charge in [0.05, 0.1) is 0 Å². The van der Waals surface area contributed by atoms with Gasteiger partial charge in [-0.3, -0.25) is 0 Å². The molecule has 1 atom stereocenters. The van der Waals surface area contributed by atoms with E-state index in [1.165, 1.54) is 43.6 Å². The van der Waals surface area contributed by atoms with Crippen LogP contribution in [0.3, 0.4) is 0 Å². The monoisotopic (exact) mass is 343 g/mol. The van der Waals surface area contributed by atoms with Crippen LogP contribution in [0.25, 0.3) is 0 Å². The van der Waals surface area contributed by atoms with Crippen molar-refractivity contribution in [1.29, 1.82) is 0 Å². The van der Waals surface area contributed by atoms with Crippen LogP contribution in [0, 0.1) is 25.7 Å². The van der Waals surface area contributed by atoms with Crippen molar-refractivity contribution in [2.75, 3.05) is 38.0 Å². The Kier molecular flexibility index (Phi) is 6.00. The van der Waals surface area contributed by atoms with Gasteiger partial charge in [-0.2, -0.15) is 0 Å². The molecule has 2 aliphatic heterocycles. The molecule has 25 heavy (non-hydrogen) atoms. The van der Waals surface area contributed by atoms with Gasteiger partial charge < -0.3 is 15.1 Å². The lowest BCUT2D eigenvalue weighted by molar-refractivity contribution is 0.125. The highest BCUT2D eigenvalue weighted by atomic mass is 16.2. The fraction of sp³-hybridized carbons (Fsp3) is 0.667. The maximum atomic E-state index is 12.5. The first-order valence-electron chi connectivity index (χ1n) is 9.86. The van der Waals surface area contributed by atoms with Gasteiger partial charge in [-0.25, -0.2) is 4.79 Å². The number of anilines is 1. The summed E-state index contributed by atoms with van der Waals surface area (Å²) in [7, 11) is 0. The molecule has 1 aromatic rings. The number of piperidine rings is 2. The predicted molar refractivity (Wildman–Crippen MR) is 104 cm³/mol. The van der Waals surface area contributed by atoms with Gasteiger partial charge in [-0.1, -0.05) is 13.0 Å². The van der Waals surface area contributed by atoms with E-state index < -0.39 is 0 Å². The van der Waals surface area contributed by atoms with Crippen LogP contribution in [0.4, 0.5) is 10.5 Å². The smallest absolute Gasteiger partial charge is 0.321 e. The second-order valence-corrected chi connectivity index (χ2v) is 8.24. The molecule has 0 aliphatic carbocycles. The van der Waals surface area contributed by atoms with E-state index in [9.17, 15) is 4.79 Å². The molecule has 0 bridgehead atoms. The minimum atomic E-state index is 0.0510. The normalized spacial score (nSPS) is 22.8. The molecule has 0 aromatic heterocycles. The van der Waals surface area contributed by atoms with Gasteiger partial charge in [0.15, 0.2) is 0 Å². The topological polar surface area (TPSA) is 35.6 Å². The van der Waals surface area contributed by atoms with Crippen LogP contribution in [-0.2, 0) is 0 Å². The van der Waals surface area contributed by atoms with E-state index in [1.807, 2.05) is 17.0 Å². The van der Waals surface area contributed by atoms with Crippen molar-refractivity contribution >= 4 is 11.7 Å². The minimum Gasteiger partial charge on any atom is -0.325 e. The molecule has 3 rings (SSSR count). The fourth-order valence-electron chi connectivity index (χ4n) is 4.39. The van der Waals surface area contributed by atoms with Gasteiger partial charge in [0.25, 0.3) is 0 Å². The van der Waals surface area contributed by atoms with Gasteiger partial charge in [0.2, 0.25) is 0 Å². The van der Waals surface area contributed by atoms with E-state index in [-0.39, 0.29) is 6.03 Å². The summed E-state index contributed by atoms with van der Waals surface area (Å²) >= 11 is 0. The SMILES string of the molecule is Cc1cc(C)cc(NC(=O)N2CCC(CN3CCC[C@@H](C)C3)CC2)c1. The van der Waals surface area contributed by atoms with Gasteiger partial charge >= 0.3 is 6.03 Å². The first kappa shape index (κ1) is 18.2. The van der Waals surface area contributed by atoms with Crippen LogP contribution < -0.4 is 5.32 Å². The zero-order chi connectivity index (χ0) is 17.8. The number of nitrogens with zero attached hydrogens (tertiary/aromatic N) is 2. The van der Waals surface area contributed by atoms with E-state index in [0.29, 0.717) is 0 Å². The summed E-state index contributed by atoms with van der Waals surface area (Å²) in [5.41, 5.74) is 3.28. The third kappa shape index (κ3) is 5.21. The molecule has 138 valence electrons. The number of benzene rings is 1. The van der Waals surface area contributed by atoms with E-state index in [0.717, 1.165) is 43.5 Å². The van der Waals surface area contributed by atoms with Gasteiger partial charge in [-0.15, -0.1) is 0 Å². The molecule has 1 N–H and O–H groups in total. The van der Waals surface area contributed by atoms with Crippen molar-refractivity contribution in [2.24, 2.45) is 11.8 Å². The molecule has 2 saturated heterocycles. The molecular formula is C21H33N3O. The first-order chi connectivity index (χ1) is 12.0. The van der Waals surface area contributed by atoms with Crippen molar-refractivity contribution in [3.8, 4) is 0 Å². The zero-order valence-corrected chi connectivity index (χ0v) is 16.1. The molecule has 0 unspecified atom stereocenters. The molecule has 0 saturated carbocycles. The molecule has 2 amide bonds. The van der Waals surface area contributed by atoms with E-state index >= 15 is 0 Å². The number of urea groups is 1. The van der Waals surface area contributed by atoms with Crippen molar-refractivity contribution < 1.29 is 4.79 Å². The molecular weight excluding hydrogens is 310 g/mol. The van der Waals surface area contributed by atoms with E-state index in [1.54, 1.807) is 0 Å². The molecule has 2 fully saturated rings. The standard InChI is InChI=1S/C21H33N3O/c1-16-5-4-8-23(14-16)15-19-6-9-24(10-7-19)21(25)22-20-12-17(2)11-18(3)13-20/h11-13,16,19H,4-10,14-15H2,1-3H3,(H,22,25)/t16-/m1/s1. The van der Waals surface area contributed by atoms with Gasteiger partial charge in [0.1, 0.15) is 0 Å². The average molecular weight is 344 g/mol. The molecule has 4 nitrogen and oxygen atoms in total. The highest BCUT2D eigenvalue weighted by molar-refractivity contribution is 5.89. The Balaban J connectivity index is 1.45. The van der Waals surface area contributed by atoms with Crippen molar-refractivity contribution in [2.45, 2.75) is 46.5 Å². The Morgan fingerprint density at radius 3 is 2.40 bits per heavy atom. The third-order valence-corrected chi connectivity index (χ3v) is 5.63. The van der Waals surface area contributed by atoms with Crippen LogP contribution in [0.2, 0.25) is 0 Å². The number of hydrogen-bond acceptors (Lipinski definition) is 2. The lowest BCUT2D eigenvalue weighted by Gasteiger charge is -2.37. The Morgan fingerprint density at radius 2 is 1.76 bits per heavy atom. The fourth-order valence-corrected chi connectivity index (χ4v) is 4.39. The molecule has 0 spiro atoms. The summed E-state index contributed by atoms with van der Waals surface area (Å²) < 4.78 is 0. The number of likely N-dealkylation sites (tertiary alicyclic amines) is 2. The molecule has 2 heterocycles. The average Bonchev–Trinajstić information content (AvgIpc) is 2.54. The summed E-state index contributed by atoms with van der Waals surface area (Å²) in [4.78, 5) is 17.2. The molecule has 4 heteroatoms. The van der Waals surface area contributed by atoms with Crippen LogP contribution in [0.15, 0.2) is 18.2 Å². The Morgan fingerprint density at radius 1 is 1.08 bits per heavy atom. The van der Waals surface area contributed by atoms with Crippen molar-refractivity contribution in [1.82, 2.24) is 9.80 Å². The Hall–Kier alpha value is -1.55. The maximum Gasteiger partial charge on any atom is 0.321 e. The number of carbonyl (C=O) groups excluding carboxylic acids is 1. The van der Waals surface area contributed by atoms with E-state index in [2.05, 4.69) is 37.1 Å². The lowest BCUT2D eigenvalue weighted by Crippen LogP contribution is -2.44. The number of amides is 2. The lowest BCUT2D eigenvalue weighted by atomic mass is 9.94.